The van der Waals surface area contributed by atoms with Crippen LogP contribution in [0.2, 0.25) is 0 Å². The highest BCUT2D eigenvalue weighted by Gasteiger charge is 2.19. The van der Waals surface area contributed by atoms with Crippen molar-refractivity contribution in [1.82, 2.24) is 9.45 Å². The van der Waals surface area contributed by atoms with Crippen LogP contribution >= 0.6 is 0 Å². The summed E-state index contributed by atoms with van der Waals surface area (Å²) >= 11 is 0. The maximum absolute atomic E-state index is 13.2. The molecule has 0 fully saturated rings. The molecular weight excluding hydrogens is 376 g/mol. The van der Waals surface area contributed by atoms with Crippen LogP contribution in [0, 0.1) is 5.92 Å². The number of hydrogen-bond donors (Lipinski definition) is 2. The zero-order valence-corrected chi connectivity index (χ0v) is 16.5. The molecule has 3 aromatic rings. The molecule has 28 heavy (non-hydrogen) atoms. The molecule has 2 aromatic carbocycles. The van der Waals surface area contributed by atoms with Crippen molar-refractivity contribution in [3.63, 3.8) is 0 Å². The van der Waals surface area contributed by atoms with E-state index in [0.29, 0.717) is 17.0 Å². The molecule has 0 aliphatic heterocycles. The summed E-state index contributed by atoms with van der Waals surface area (Å²) in [5, 5.41) is 9.40. The molecule has 1 aromatic heterocycles. The summed E-state index contributed by atoms with van der Waals surface area (Å²) in [6, 6.07) is 13.9. The predicted octanol–water partition coefficient (Wildman–Crippen LogP) is 3.60. The Morgan fingerprint density at radius 2 is 1.96 bits per heavy atom. The molecular formula is C21H22N2O4S. The first-order valence-electron chi connectivity index (χ1n) is 8.89. The lowest BCUT2D eigenvalue weighted by atomic mass is 10.0. The molecule has 0 aliphatic carbocycles. The lowest BCUT2D eigenvalue weighted by molar-refractivity contribution is -0.124. The molecule has 0 radical (unpaired) electrons. The molecule has 0 atom stereocenters. The molecule has 0 saturated carbocycles. The van der Waals surface area contributed by atoms with Crippen LogP contribution in [0.4, 0.5) is 0 Å². The molecule has 0 spiro atoms. The van der Waals surface area contributed by atoms with Gasteiger partial charge in [-0.3, -0.25) is 10.0 Å². The van der Waals surface area contributed by atoms with E-state index in [9.17, 15) is 13.2 Å². The molecule has 1 amide bonds. The van der Waals surface area contributed by atoms with Crippen LogP contribution in [0.3, 0.4) is 0 Å². The molecule has 3 rings (SSSR count). The van der Waals surface area contributed by atoms with Gasteiger partial charge in [-0.15, -0.1) is 0 Å². The quantitative estimate of drug-likeness (QED) is 0.377. The number of hydrogen-bond acceptors (Lipinski definition) is 4. The van der Waals surface area contributed by atoms with E-state index in [1.807, 2.05) is 18.2 Å². The van der Waals surface area contributed by atoms with Crippen molar-refractivity contribution < 1.29 is 18.4 Å². The molecule has 7 heteroatoms. The van der Waals surface area contributed by atoms with Crippen LogP contribution in [0.15, 0.2) is 65.7 Å². The topological polar surface area (TPSA) is 88.4 Å². The minimum Gasteiger partial charge on any atom is -0.288 e. The number of rotatable bonds is 6. The molecule has 6 nitrogen and oxygen atoms in total. The Morgan fingerprint density at radius 1 is 1.18 bits per heavy atom. The summed E-state index contributed by atoms with van der Waals surface area (Å²) in [4.78, 5) is 11.3. The van der Waals surface area contributed by atoms with Crippen molar-refractivity contribution >= 4 is 32.9 Å². The average Bonchev–Trinajstić information content (AvgIpc) is 3.09. The minimum absolute atomic E-state index is 0.116. The average molecular weight is 398 g/mol. The van der Waals surface area contributed by atoms with Crippen molar-refractivity contribution in [2.45, 2.75) is 25.2 Å². The molecule has 0 saturated heterocycles. The largest absolute Gasteiger partial charge is 0.288 e. The van der Waals surface area contributed by atoms with Gasteiger partial charge in [-0.1, -0.05) is 38.1 Å². The van der Waals surface area contributed by atoms with Gasteiger partial charge in [0.25, 0.3) is 15.9 Å². The van der Waals surface area contributed by atoms with Gasteiger partial charge in [-0.2, -0.15) is 0 Å². The third-order valence-electron chi connectivity index (χ3n) is 4.32. The van der Waals surface area contributed by atoms with E-state index < -0.39 is 15.9 Å². The highest BCUT2D eigenvalue weighted by Crippen LogP contribution is 2.25. The number of benzene rings is 2. The Bertz CT molecular complexity index is 1140. The minimum atomic E-state index is -3.80. The first-order chi connectivity index (χ1) is 13.3. The Labute approximate surface area is 164 Å². The number of carbonyl (C=O) groups excluding carboxylic acids is 1. The number of hydroxylamine groups is 1. The molecule has 2 N–H and O–H groups in total. The fourth-order valence-corrected chi connectivity index (χ4v) is 4.46. The van der Waals surface area contributed by atoms with Crippen LogP contribution in [0.1, 0.15) is 25.0 Å². The zero-order valence-electron chi connectivity index (χ0n) is 15.7. The standard InChI is InChI=1S/C21H22N2O4S/c1-15(2)12-17-6-8-18-10-11-23(20(18)14-17)28(26,27)19-5-3-4-16(13-19)7-9-21(24)22-25/h3-11,13-15,25H,12H2,1-2H3,(H,22,24)/b9-7+. The molecule has 1 heterocycles. The highest BCUT2D eigenvalue weighted by molar-refractivity contribution is 7.90. The van der Waals surface area contributed by atoms with Crippen molar-refractivity contribution in [3.05, 3.63) is 71.9 Å². The number of fused-ring (bicyclic) bond motifs is 1. The smallest absolute Gasteiger partial charge is 0.268 e. The Hall–Kier alpha value is -2.90. The van der Waals surface area contributed by atoms with E-state index in [0.717, 1.165) is 23.4 Å². The van der Waals surface area contributed by atoms with Gasteiger partial charge in [-0.25, -0.2) is 17.9 Å². The summed E-state index contributed by atoms with van der Waals surface area (Å²) in [7, 11) is -3.80. The highest BCUT2D eigenvalue weighted by atomic mass is 32.2. The Morgan fingerprint density at radius 3 is 2.68 bits per heavy atom. The summed E-state index contributed by atoms with van der Waals surface area (Å²) < 4.78 is 27.7. The normalized spacial score (nSPS) is 12.1. The maximum Gasteiger partial charge on any atom is 0.268 e. The van der Waals surface area contributed by atoms with E-state index in [2.05, 4.69) is 13.8 Å². The van der Waals surface area contributed by atoms with Gasteiger partial charge >= 0.3 is 0 Å². The van der Waals surface area contributed by atoms with E-state index in [-0.39, 0.29) is 4.90 Å². The fraction of sp³-hybridized carbons (Fsp3) is 0.190. The first-order valence-corrected chi connectivity index (χ1v) is 10.3. The molecule has 0 aliphatic rings. The van der Waals surface area contributed by atoms with Gasteiger partial charge in [0.2, 0.25) is 0 Å². The van der Waals surface area contributed by atoms with Crippen molar-refractivity contribution in [2.75, 3.05) is 0 Å². The summed E-state index contributed by atoms with van der Waals surface area (Å²) in [6.07, 6.45) is 4.98. The Kier molecular flexibility index (Phi) is 5.67. The number of aromatic nitrogens is 1. The molecule has 0 bridgehead atoms. The number of nitrogens with zero attached hydrogens (tertiary/aromatic N) is 1. The second kappa shape index (κ2) is 8.00. The van der Waals surface area contributed by atoms with Gasteiger partial charge in [0, 0.05) is 17.7 Å². The predicted molar refractivity (Wildman–Crippen MR) is 108 cm³/mol. The van der Waals surface area contributed by atoms with E-state index in [4.69, 9.17) is 5.21 Å². The van der Waals surface area contributed by atoms with Crippen molar-refractivity contribution in [3.8, 4) is 0 Å². The summed E-state index contributed by atoms with van der Waals surface area (Å²) in [5.74, 6) is -0.223. The zero-order chi connectivity index (χ0) is 20.3. The number of carbonyl (C=O) groups is 1. The lowest BCUT2D eigenvalue weighted by Gasteiger charge is -2.10. The van der Waals surface area contributed by atoms with Gasteiger partial charge in [0.05, 0.1) is 10.4 Å². The number of amides is 1. The maximum atomic E-state index is 13.2. The number of nitrogens with one attached hydrogen (secondary N) is 1. The third-order valence-corrected chi connectivity index (χ3v) is 6.00. The van der Waals surface area contributed by atoms with Crippen LogP contribution in [0.25, 0.3) is 17.0 Å². The fourth-order valence-electron chi connectivity index (χ4n) is 3.06. The van der Waals surface area contributed by atoms with Crippen LogP contribution in [0.5, 0.6) is 0 Å². The van der Waals surface area contributed by atoms with Gasteiger partial charge < -0.3 is 0 Å². The van der Waals surface area contributed by atoms with E-state index in [1.165, 1.54) is 27.7 Å². The summed E-state index contributed by atoms with van der Waals surface area (Å²) in [6.45, 7) is 4.24. The Balaban J connectivity index is 2.03. The molecule has 146 valence electrons. The van der Waals surface area contributed by atoms with Gasteiger partial charge in [-0.05, 0) is 53.8 Å². The van der Waals surface area contributed by atoms with Gasteiger partial charge in [0.15, 0.2) is 0 Å². The van der Waals surface area contributed by atoms with Crippen molar-refractivity contribution in [1.29, 1.82) is 0 Å². The van der Waals surface area contributed by atoms with Crippen LogP contribution in [-0.4, -0.2) is 23.5 Å². The van der Waals surface area contributed by atoms with Gasteiger partial charge in [0.1, 0.15) is 0 Å². The monoisotopic (exact) mass is 398 g/mol. The van der Waals surface area contributed by atoms with Crippen LogP contribution < -0.4 is 5.48 Å². The second-order valence-electron chi connectivity index (χ2n) is 6.99. The molecule has 0 unspecified atom stereocenters. The summed E-state index contributed by atoms with van der Waals surface area (Å²) in [5.41, 5.74) is 3.75. The lowest BCUT2D eigenvalue weighted by Crippen LogP contribution is -2.14. The SMILES string of the molecule is CC(C)Cc1ccc2ccn(S(=O)(=O)c3cccc(/C=C/C(=O)NO)c3)c2c1. The van der Waals surface area contributed by atoms with E-state index in [1.54, 1.807) is 24.4 Å². The third kappa shape index (κ3) is 4.16. The van der Waals surface area contributed by atoms with Crippen LogP contribution in [-0.2, 0) is 21.2 Å². The van der Waals surface area contributed by atoms with E-state index >= 15 is 0 Å². The second-order valence-corrected chi connectivity index (χ2v) is 8.80. The van der Waals surface area contributed by atoms with Crippen molar-refractivity contribution in [2.24, 2.45) is 5.92 Å². The first kappa shape index (κ1) is 19.9.